The first-order chi connectivity index (χ1) is 17.0. The van der Waals surface area contributed by atoms with Crippen LogP contribution in [0.4, 0.5) is 0 Å². The van der Waals surface area contributed by atoms with E-state index in [1.807, 2.05) is 12.1 Å². The van der Waals surface area contributed by atoms with Crippen molar-refractivity contribution in [3.63, 3.8) is 0 Å². The van der Waals surface area contributed by atoms with E-state index in [0.29, 0.717) is 48.8 Å². The van der Waals surface area contributed by atoms with Gasteiger partial charge in [-0.05, 0) is 30.3 Å². The molecule has 0 saturated carbocycles. The zero-order valence-corrected chi connectivity index (χ0v) is 19.8. The molecule has 1 fully saturated rings. The lowest BCUT2D eigenvalue weighted by molar-refractivity contribution is 0.0298. The maximum absolute atomic E-state index is 13.1. The number of ether oxygens (including phenoxy) is 2. The summed E-state index contributed by atoms with van der Waals surface area (Å²) in [5.41, 5.74) is 2.93. The summed E-state index contributed by atoms with van der Waals surface area (Å²) in [7, 11) is -2.21. The van der Waals surface area contributed by atoms with Crippen LogP contribution in [0.3, 0.4) is 0 Å². The van der Waals surface area contributed by atoms with Crippen molar-refractivity contribution in [1.82, 2.24) is 24.3 Å². The molecule has 10 nitrogen and oxygen atoms in total. The highest BCUT2D eigenvalue weighted by molar-refractivity contribution is 7.90. The number of fused-ring (bicyclic) bond motifs is 1. The first-order valence-corrected chi connectivity index (χ1v) is 12.6. The minimum atomic E-state index is -3.66. The number of nitrogens with zero attached hydrogens (tertiary/aromatic N) is 5. The fourth-order valence-corrected chi connectivity index (χ4v) is 5.29. The lowest BCUT2D eigenvalue weighted by Crippen LogP contribution is -2.41. The van der Waals surface area contributed by atoms with E-state index in [1.165, 1.54) is 25.6 Å². The predicted molar refractivity (Wildman–Crippen MR) is 127 cm³/mol. The van der Waals surface area contributed by atoms with Crippen molar-refractivity contribution in [2.45, 2.75) is 10.6 Å². The third kappa shape index (κ3) is 4.60. The first kappa shape index (κ1) is 22.9. The van der Waals surface area contributed by atoms with Gasteiger partial charge in [0, 0.05) is 54.6 Å². The smallest absolute Gasteiger partial charge is 0.272 e. The van der Waals surface area contributed by atoms with Crippen LogP contribution in [-0.4, -0.2) is 72.0 Å². The van der Waals surface area contributed by atoms with Crippen molar-refractivity contribution in [3.8, 4) is 17.0 Å². The third-order valence-corrected chi connectivity index (χ3v) is 7.46. The number of amides is 1. The Balaban J connectivity index is 1.50. The Bertz CT molecular complexity index is 1480. The Morgan fingerprint density at radius 2 is 1.91 bits per heavy atom. The van der Waals surface area contributed by atoms with Gasteiger partial charge >= 0.3 is 0 Å². The number of aromatic nitrogens is 4. The Morgan fingerprint density at radius 3 is 2.66 bits per heavy atom. The van der Waals surface area contributed by atoms with Gasteiger partial charge in [-0.2, -0.15) is 0 Å². The van der Waals surface area contributed by atoms with Gasteiger partial charge in [-0.25, -0.2) is 18.4 Å². The summed E-state index contributed by atoms with van der Waals surface area (Å²) in [5, 5.41) is 0. The third-order valence-electron chi connectivity index (χ3n) is 5.81. The number of pyridine rings is 3. The molecule has 4 aromatic heterocycles. The summed E-state index contributed by atoms with van der Waals surface area (Å²) in [5.74, 6) is -0.182. The summed E-state index contributed by atoms with van der Waals surface area (Å²) in [6, 6.07) is 8.48. The van der Waals surface area contributed by atoms with E-state index in [-0.39, 0.29) is 22.4 Å². The van der Waals surface area contributed by atoms with Gasteiger partial charge in [-0.1, -0.05) is 0 Å². The number of hydrogen-bond donors (Lipinski definition) is 0. The largest absolute Gasteiger partial charge is 0.481 e. The second-order valence-electron chi connectivity index (χ2n) is 8.03. The van der Waals surface area contributed by atoms with Crippen LogP contribution in [0.15, 0.2) is 66.2 Å². The van der Waals surface area contributed by atoms with Crippen molar-refractivity contribution in [1.29, 1.82) is 0 Å². The summed E-state index contributed by atoms with van der Waals surface area (Å²) < 4.78 is 38.3. The van der Waals surface area contributed by atoms with Crippen molar-refractivity contribution in [3.05, 3.63) is 72.6 Å². The Labute approximate surface area is 202 Å². The predicted octanol–water partition coefficient (Wildman–Crippen LogP) is 2.25. The first-order valence-electron chi connectivity index (χ1n) is 11.0. The Kier molecular flexibility index (Phi) is 6.18. The van der Waals surface area contributed by atoms with Crippen molar-refractivity contribution < 1.29 is 22.7 Å². The molecule has 0 N–H and O–H groups in total. The summed E-state index contributed by atoms with van der Waals surface area (Å²) >= 11 is 0. The average Bonchev–Trinajstić information content (AvgIpc) is 3.32. The molecule has 0 bridgehead atoms. The highest BCUT2D eigenvalue weighted by Gasteiger charge is 2.23. The molecule has 1 aliphatic rings. The maximum atomic E-state index is 13.1. The molecule has 0 aliphatic carbocycles. The van der Waals surface area contributed by atoms with Gasteiger partial charge in [0.15, 0.2) is 9.84 Å². The zero-order chi connectivity index (χ0) is 24.4. The topological polar surface area (TPSA) is 116 Å². The molecule has 1 saturated heterocycles. The number of carbonyl (C=O) groups is 1. The minimum absolute atomic E-state index is 0.117. The molecule has 0 aromatic carbocycles. The van der Waals surface area contributed by atoms with Gasteiger partial charge in [0.1, 0.15) is 11.3 Å². The average molecular weight is 494 g/mol. The molecule has 4 aromatic rings. The van der Waals surface area contributed by atoms with Crippen LogP contribution in [0.25, 0.3) is 16.8 Å². The molecule has 0 radical (unpaired) electrons. The molecular formula is C24H23N5O5S. The number of hydrogen-bond acceptors (Lipinski definition) is 8. The van der Waals surface area contributed by atoms with Crippen LogP contribution >= 0.6 is 0 Å². The Morgan fingerprint density at radius 1 is 1.09 bits per heavy atom. The SMILES string of the molecule is COc1ncc(-c2ccc3ncc(C(=O)N4CCOCC4)n3c2)cc1CS(=O)(=O)c1cccnc1. The number of methoxy groups -OCH3 is 1. The number of morpholine rings is 1. The molecule has 1 amide bonds. The number of carbonyl (C=O) groups excluding carboxylic acids is 1. The van der Waals surface area contributed by atoms with Gasteiger partial charge in [-0.3, -0.25) is 14.2 Å². The highest BCUT2D eigenvalue weighted by atomic mass is 32.2. The fourth-order valence-electron chi connectivity index (χ4n) is 4.00. The summed E-state index contributed by atoms with van der Waals surface area (Å²) in [4.78, 5) is 27.5. The van der Waals surface area contributed by atoms with E-state index in [0.717, 1.165) is 5.56 Å². The monoisotopic (exact) mass is 493 g/mol. The van der Waals surface area contributed by atoms with E-state index in [1.54, 1.807) is 40.0 Å². The number of rotatable bonds is 6. The van der Waals surface area contributed by atoms with Crippen molar-refractivity contribution in [2.75, 3.05) is 33.4 Å². The maximum Gasteiger partial charge on any atom is 0.272 e. The van der Waals surface area contributed by atoms with Crippen LogP contribution in [0, 0.1) is 0 Å². The lowest BCUT2D eigenvalue weighted by atomic mass is 10.1. The molecule has 35 heavy (non-hydrogen) atoms. The molecule has 11 heteroatoms. The van der Waals surface area contributed by atoms with E-state index < -0.39 is 9.84 Å². The normalized spacial score (nSPS) is 14.3. The molecular weight excluding hydrogens is 470 g/mol. The van der Waals surface area contributed by atoms with Crippen LogP contribution < -0.4 is 4.74 Å². The highest BCUT2D eigenvalue weighted by Crippen LogP contribution is 2.28. The van der Waals surface area contributed by atoms with Gasteiger partial charge in [0.25, 0.3) is 5.91 Å². The van der Waals surface area contributed by atoms with E-state index in [4.69, 9.17) is 9.47 Å². The van der Waals surface area contributed by atoms with E-state index >= 15 is 0 Å². The number of imidazole rings is 1. The molecule has 0 unspecified atom stereocenters. The molecule has 1 aliphatic heterocycles. The number of sulfone groups is 1. The Hall–Kier alpha value is -3.83. The molecule has 5 heterocycles. The lowest BCUT2D eigenvalue weighted by Gasteiger charge is -2.26. The second-order valence-corrected chi connectivity index (χ2v) is 10.0. The molecule has 5 rings (SSSR count). The quantitative estimate of drug-likeness (QED) is 0.402. The standard InChI is InChI=1S/C24H23N5O5S/c1-33-23-19(16-35(31,32)20-3-2-6-25-13-20)11-18(12-27-23)17-4-5-22-26-14-21(29(22)15-17)24(30)28-7-9-34-10-8-28/h2-6,11-15H,7-10,16H2,1H3. The van der Waals surface area contributed by atoms with E-state index in [2.05, 4.69) is 15.0 Å². The minimum Gasteiger partial charge on any atom is -0.481 e. The van der Waals surface area contributed by atoms with Gasteiger partial charge < -0.3 is 14.4 Å². The van der Waals surface area contributed by atoms with Gasteiger partial charge in [-0.15, -0.1) is 0 Å². The summed E-state index contributed by atoms with van der Waals surface area (Å²) in [6.45, 7) is 2.08. The van der Waals surface area contributed by atoms with Crippen molar-refractivity contribution in [2.24, 2.45) is 0 Å². The van der Waals surface area contributed by atoms with Gasteiger partial charge in [0.05, 0.1) is 37.2 Å². The van der Waals surface area contributed by atoms with Crippen LogP contribution in [0.1, 0.15) is 16.1 Å². The van der Waals surface area contributed by atoms with Crippen molar-refractivity contribution >= 4 is 21.4 Å². The molecule has 0 atom stereocenters. The van der Waals surface area contributed by atoms with E-state index in [9.17, 15) is 13.2 Å². The van der Waals surface area contributed by atoms with Crippen LogP contribution in [0.5, 0.6) is 5.88 Å². The molecule has 0 spiro atoms. The fraction of sp³-hybridized carbons (Fsp3) is 0.250. The van der Waals surface area contributed by atoms with Crippen LogP contribution in [0.2, 0.25) is 0 Å². The zero-order valence-electron chi connectivity index (χ0n) is 19.0. The van der Waals surface area contributed by atoms with Crippen LogP contribution in [-0.2, 0) is 20.3 Å². The summed E-state index contributed by atoms with van der Waals surface area (Å²) in [6.07, 6.45) is 7.82. The second kappa shape index (κ2) is 9.43. The van der Waals surface area contributed by atoms with Gasteiger partial charge in [0.2, 0.25) is 5.88 Å². The molecule has 180 valence electrons.